The molecule has 0 bridgehead atoms. The monoisotopic (exact) mass is 420 g/mol. The van der Waals surface area contributed by atoms with Crippen LogP contribution in [-0.2, 0) is 11.2 Å². The number of hydrogen-bond donors (Lipinski definition) is 1. The number of amides is 2. The summed E-state index contributed by atoms with van der Waals surface area (Å²) in [5, 5.41) is 7.88. The zero-order valence-corrected chi connectivity index (χ0v) is 16.8. The highest BCUT2D eigenvalue weighted by atomic mass is 19.1. The van der Waals surface area contributed by atoms with Gasteiger partial charge in [-0.2, -0.15) is 5.10 Å². The molecule has 8 heteroatoms. The van der Waals surface area contributed by atoms with E-state index < -0.39 is 11.7 Å². The molecule has 0 saturated carbocycles. The van der Waals surface area contributed by atoms with Gasteiger partial charge in [0.05, 0.1) is 16.6 Å². The van der Waals surface area contributed by atoms with Crippen LogP contribution in [0, 0.1) is 5.82 Å². The summed E-state index contributed by atoms with van der Waals surface area (Å²) < 4.78 is 14.5. The van der Waals surface area contributed by atoms with Crippen LogP contribution in [0.5, 0.6) is 0 Å². The van der Waals surface area contributed by atoms with E-state index in [0.717, 1.165) is 0 Å². The minimum Gasteiger partial charge on any atom is -0.336 e. The van der Waals surface area contributed by atoms with Gasteiger partial charge >= 0.3 is 0 Å². The lowest BCUT2D eigenvalue weighted by Gasteiger charge is -2.34. The quantitative estimate of drug-likeness (QED) is 0.655. The van der Waals surface area contributed by atoms with Gasteiger partial charge < -0.3 is 9.80 Å². The number of aromatic nitrogens is 2. The number of rotatable bonds is 4. The maximum absolute atomic E-state index is 14.5. The number of fused-ring (bicyclic) bond motifs is 1. The van der Waals surface area contributed by atoms with Crippen molar-refractivity contribution in [2.24, 2.45) is 0 Å². The molecule has 0 spiro atoms. The van der Waals surface area contributed by atoms with Gasteiger partial charge in [-0.25, -0.2) is 9.49 Å². The number of hydrogen-bond acceptors (Lipinski definition) is 4. The molecule has 1 aliphatic heterocycles. The topological polar surface area (TPSA) is 86.4 Å². The summed E-state index contributed by atoms with van der Waals surface area (Å²) in [4.78, 5) is 39.8. The van der Waals surface area contributed by atoms with Gasteiger partial charge in [-0.3, -0.25) is 14.4 Å². The highest BCUT2D eigenvalue weighted by Crippen LogP contribution is 2.20. The number of H-pyrrole nitrogens is 1. The van der Waals surface area contributed by atoms with E-state index in [1.165, 1.54) is 18.2 Å². The van der Waals surface area contributed by atoms with Crippen molar-refractivity contribution in [3.63, 3.8) is 0 Å². The Morgan fingerprint density at radius 2 is 1.74 bits per heavy atom. The number of nitrogens with zero attached hydrogens (tertiary/aromatic N) is 3. The van der Waals surface area contributed by atoms with Crippen LogP contribution in [0.4, 0.5) is 4.39 Å². The van der Waals surface area contributed by atoms with Crippen molar-refractivity contribution in [2.75, 3.05) is 26.2 Å². The van der Waals surface area contributed by atoms with Gasteiger partial charge in [0.1, 0.15) is 5.82 Å². The first kappa shape index (κ1) is 20.5. The van der Waals surface area contributed by atoms with E-state index in [1.54, 1.807) is 28.0 Å². The first-order valence-electron chi connectivity index (χ1n) is 9.93. The van der Waals surface area contributed by atoms with E-state index >= 15 is 0 Å². The summed E-state index contributed by atoms with van der Waals surface area (Å²) in [6.45, 7) is 4.89. The third-order valence-electron chi connectivity index (χ3n) is 5.46. The second-order valence-corrected chi connectivity index (χ2v) is 7.36. The van der Waals surface area contributed by atoms with E-state index in [0.29, 0.717) is 54.6 Å². The molecule has 3 aromatic rings. The average Bonchev–Trinajstić information content (AvgIpc) is 2.81. The summed E-state index contributed by atoms with van der Waals surface area (Å²) >= 11 is 0. The maximum Gasteiger partial charge on any atom is 0.272 e. The van der Waals surface area contributed by atoms with E-state index in [2.05, 4.69) is 16.8 Å². The van der Waals surface area contributed by atoms with Crippen LogP contribution in [0.25, 0.3) is 10.8 Å². The van der Waals surface area contributed by atoms with Crippen molar-refractivity contribution in [1.82, 2.24) is 20.0 Å². The van der Waals surface area contributed by atoms with Gasteiger partial charge in [0, 0.05) is 38.0 Å². The molecule has 0 aliphatic carbocycles. The lowest BCUT2D eigenvalue weighted by molar-refractivity contribution is -0.127. The standard InChI is InChI=1S/C23H21FN4O3/c1-2-21(29)27-9-11-28(12-10-27)23(31)18-13-15(7-8-19(18)24)14-20-16-5-3-4-6-17(16)22(30)26-25-20/h2-8,13H,1,9-12,14H2,(H,26,30). The smallest absolute Gasteiger partial charge is 0.272 e. The number of halogens is 1. The van der Waals surface area contributed by atoms with Crippen LogP contribution < -0.4 is 5.56 Å². The third-order valence-corrected chi connectivity index (χ3v) is 5.46. The first-order chi connectivity index (χ1) is 15.0. The van der Waals surface area contributed by atoms with Gasteiger partial charge in [0.25, 0.3) is 11.5 Å². The fourth-order valence-corrected chi connectivity index (χ4v) is 3.78. The van der Waals surface area contributed by atoms with Crippen LogP contribution in [0.15, 0.2) is 59.9 Å². The molecule has 158 valence electrons. The molecule has 1 fully saturated rings. The predicted octanol–water partition coefficient (Wildman–Crippen LogP) is 2.12. The fourth-order valence-electron chi connectivity index (χ4n) is 3.78. The minimum absolute atomic E-state index is 0.0188. The first-order valence-corrected chi connectivity index (χ1v) is 9.93. The molecular weight excluding hydrogens is 399 g/mol. The van der Waals surface area contributed by atoms with E-state index in [-0.39, 0.29) is 17.0 Å². The number of carbonyl (C=O) groups excluding carboxylic acids is 2. The predicted molar refractivity (Wildman–Crippen MR) is 114 cm³/mol. The van der Waals surface area contributed by atoms with Crippen LogP contribution in [-0.4, -0.2) is 58.0 Å². The number of carbonyl (C=O) groups is 2. The number of aromatic amines is 1. The molecule has 1 saturated heterocycles. The number of piperazine rings is 1. The Morgan fingerprint density at radius 1 is 1.06 bits per heavy atom. The van der Waals surface area contributed by atoms with Crippen molar-refractivity contribution < 1.29 is 14.0 Å². The second kappa shape index (κ2) is 8.51. The third kappa shape index (κ3) is 4.09. The highest BCUT2D eigenvalue weighted by Gasteiger charge is 2.25. The van der Waals surface area contributed by atoms with Gasteiger partial charge in [-0.1, -0.05) is 30.8 Å². The van der Waals surface area contributed by atoms with Gasteiger partial charge in [-0.15, -0.1) is 0 Å². The molecule has 1 aromatic heterocycles. The molecule has 2 aromatic carbocycles. The Morgan fingerprint density at radius 3 is 2.45 bits per heavy atom. The normalized spacial score (nSPS) is 14.0. The Kier molecular flexibility index (Phi) is 5.62. The zero-order chi connectivity index (χ0) is 22.0. The molecule has 31 heavy (non-hydrogen) atoms. The van der Waals surface area contributed by atoms with Crippen LogP contribution in [0.3, 0.4) is 0 Å². The SMILES string of the molecule is C=CC(=O)N1CCN(C(=O)c2cc(Cc3n[nH]c(=O)c4ccccc34)ccc2F)CC1. The van der Waals surface area contributed by atoms with Crippen molar-refractivity contribution in [3.05, 3.63) is 88.1 Å². The molecule has 0 radical (unpaired) electrons. The van der Waals surface area contributed by atoms with Crippen molar-refractivity contribution in [3.8, 4) is 0 Å². The Balaban J connectivity index is 1.56. The molecule has 2 heterocycles. The zero-order valence-electron chi connectivity index (χ0n) is 16.8. The van der Waals surface area contributed by atoms with Gasteiger partial charge in [0.2, 0.25) is 5.91 Å². The summed E-state index contributed by atoms with van der Waals surface area (Å²) in [5.74, 6) is -1.19. The summed E-state index contributed by atoms with van der Waals surface area (Å²) in [5.41, 5.74) is 1.05. The Labute approximate surface area is 177 Å². The van der Waals surface area contributed by atoms with Crippen molar-refractivity contribution in [1.29, 1.82) is 0 Å². The summed E-state index contributed by atoms with van der Waals surface area (Å²) in [6.07, 6.45) is 1.58. The lowest BCUT2D eigenvalue weighted by atomic mass is 10.0. The molecule has 0 unspecified atom stereocenters. The Hall–Kier alpha value is -3.81. The van der Waals surface area contributed by atoms with E-state index in [4.69, 9.17) is 0 Å². The molecule has 4 rings (SSSR count). The summed E-state index contributed by atoms with van der Waals surface area (Å²) in [6, 6.07) is 11.5. The highest BCUT2D eigenvalue weighted by molar-refractivity contribution is 5.95. The number of nitrogens with one attached hydrogen (secondary N) is 1. The largest absolute Gasteiger partial charge is 0.336 e. The molecule has 0 atom stereocenters. The van der Waals surface area contributed by atoms with E-state index in [1.807, 2.05) is 12.1 Å². The molecule has 7 nitrogen and oxygen atoms in total. The van der Waals surface area contributed by atoms with Gasteiger partial charge in [0.15, 0.2) is 0 Å². The van der Waals surface area contributed by atoms with Crippen LogP contribution in [0.1, 0.15) is 21.6 Å². The van der Waals surface area contributed by atoms with Crippen molar-refractivity contribution >= 4 is 22.6 Å². The van der Waals surface area contributed by atoms with Crippen molar-refractivity contribution in [2.45, 2.75) is 6.42 Å². The van der Waals surface area contributed by atoms with E-state index in [9.17, 15) is 18.8 Å². The molecule has 2 amide bonds. The minimum atomic E-state index is -0.599. The Bertz CT molecular complexity index is 1230. The lowest BCUT2D eigenvalue weighted by Crippen LogP contribution is -2.50. The maximum atomic E-state index is 14.5. The van der Waals surface area contributed by atoms with Gasteiger partial charge in [-0.05, 0) is 29.8 Å². The number of benzene rings is 2. The average molecular weight is 420 g/mol. The van der Waals surface area contributed by atoms with Crippen LogP contribution >= 0.6 is 0 Å². The second-order valence-electron chi connectivity index (χ2n) is 7.36. The molecule has 1 aliphatic rings. The summed E-state index contributed by atoms with van der Waals surface area (Å²) in [7, 11) is 0. The van der Waals surface area contributed by atoms with Crippen LogP contribution in [0.2, 0.25) is 0 Å². The molecular formula is C23H21FN4O3. The fraction of sp³-hybridized carbons (Fsp3) is 0.217. The molecule has 1 N–H and O–H groups in total.